The Kier molecular flexibility index (Phi) is 3.24. The first-order chi connectivity index (χ1) is 38.9. The van der Waals surface area contributed by atoms with Crippen molar-refractivity contribution in [2.45, 2.75) is 23.4 Å². The van der Waals surface area contributed by atoms with Crippen LogP contribution in [0.25, 0.3) is 291 Å². The van der Waals surface area contributed by atoms with Gasteiger partial charge in [-0.25, -0.2) is 0 Å². The average Bonchev–Trinajstić information content (AvgIpc) is 1.82. The van der Waals surface area contributed by atoms with Crippen molar-refractivity contribution in [2.75, 3.05) is 46.7 Å². The van der Waals surface area contributed by atoms with Gasteiger partial charge in [0.15, 0.2) is 0 Å². The molecule has 342 valence electrons. The van der Waals surface area contributed by atoms with Crippen molar-refractivity contribution in [2.24, 2.45) is 0 Å². The molecule has 78 heavy (non-hydrogen) atoms. The summed E-state index contributed by atoms with van der Waals surface area (Å²) in [5, 5.41) is 94.1. The van der Waals surface area contributed by atoms with Gasteiger partial charge in [0.25, 0.3) is 0 Å². The molecule has 0 N–H and O–H groups in total. The maximum absolute atomic E-state index is 7.39. The Labute approximate surface area is 433 Å². The quantitative estimate of drug-likeness (QED) is 0.101. The van der Waals surface area contributed by atoms with Gasteiger partial charge in [-0.05, 0) is 335 Å². The lowest BCUT2D eigenvalue weighted by atomic mass is 9.48. The first-order valence-electron chi connectivity index (χ1n) is 29.0. The fraction of sp³-hybridized carbons (Fsp3) is 0.151. The number of rotatable bonds is 10. The van der Waals surface area contributed by atoms with Crippen molar-refractivity contribution in [3.63, 3.8) is 0 Å². The number of benzene rings is 18. The molecule has 34 rings (SSSR count). The largest absolute Gasteiger partial charge is 0.382 e. The number of methoxy groups -OCH3 is 1. The van der Waals surface area contributed by atoms with Crippen LogP contribution >= 0.6 is 11.3 Å². The minimum atomic E-state index is -0.384. The number of hydrogen-bond acceptors (Lipinski definition) is 5. The molecule has 1 atom stereocenters. The Morgan fingerprint density at radius 3 is 0.910 bits per heavy atom. The van der Waals surface area contributed by atoms with Crippen molar-refractivity contribution in [1.29, 1.82) is 0 Å². The Morgan fingerprint density at radius 2 is 0.628 bits per heavy atom. The molecule has 28 aromatic carbocycles. The van der Waals surface area contributed by atoms with Crippen LogP contribution in [0.1, 0.15) is 27.8 Å². The van der Waals surface area contributed by atoms with Gasteiger partial charge in [0.05, 0.1) is 43.9 Å². The smallest absolute Gasteiger partial charge is 0.0701 e. The summed E-state index contributed by atoms with van der Waals surface area (Å²) in [4.78, 5) is 3.04. The van der Waals surface area contributed by atoms with Gasteiger partial charge in [0.2, 0.25) is 0 Å². The molecule has 2 spiro atoms. The summed E-state index contributed by atoms with van der Waals surface area (Å²) >= 11 is 1.86. The van der Waals surface area contributed by atoms with E-state index in [1.807, 2.05) is 11.3 Å². The van der Waals surface area contributed by atoms with Crippen LogP contribution in [0.2, 0.25) is 0 Å². The van der Waals surface area contributed by atoms with Crippen LogP contribution in [0.5, 0.6) is 0 Å². The molecule has 0 radical (unpaired) electrons. The Bertz CT molecular complexity index is 7330. The summed E-state index contributed by atoms with van der Waals surface area (Å²) in [7, 11) is 1.77. The third-order valence-corrected chi connectivity index (χ3v) is 27.7. The summed E-state index contributed by atoms with van der Waals surface area (Å²) in [5.41, 5.74) is 7.70. The third-order valence-electron chi connectivity index (χ3n) is 27.0. The van der Waals surface area contributed by atoms with Gasteiger partial charge in [0.1, 0.15) is 0 Å². The lowest BCUT2D eigenvalue weighted by Gasteiger charge is -2.52. The van der Waals surface area contributed by atoms with Crippen molar-refractivity contribution in [3.8, 4) is 0 Å². The van der Waals surface area contributed by atoms with E-state index >= 15 is 0 Å². The zero-order valence-electron chi connectivity index (χ0n) is 40.8. The van der Waals surface area contributed by atoms with Crippen molar-refractivity contribution >= 4 is 302 Å². The topological polar surface area (TPSA) is 30.9 Å². The summed E-state index contributed by atoms with van der Waals surface area (Å²) < 4.78 is 19.1. The molecule has 4 aliphatic carbocycles. The van der Waals surface area contributed by atoms with E-state index in [2.05, 4.69) is 21.7 Å². The second-order valence-electron chi connectivity index (χ2n) is 27.7. The Balaban J connectivity index is 1.01. The summed E-state index contributed by atoms with van der Waals surface area (Å²) in [6.45, 7) is 4.92. The van der Waals surface area contributed by atoms with Gasteiger partial charge in [-0.2, -0.15) is 11.3 Å². The number of nitrogens with zero attached hydrogens (tertiary/aromatic N) is 1. The molecular weight excluding hydrogens is 971 g/mol. The van der Waals surface area contributed by atoms with Crippen LogP contribution in [0.3, 0.4) is 0 Å². The zero-order valence-corrected chi connectivity index (χ0v) is 41.7. The molecule has 1 unspecified atom stereocenters. The van der Waals surface area contributed by atoms with Gasteiger partial charge in [-0.15, -0.1) is 0 Å². The average molecular weight is 992 g/mol. The highest BCUT2D eigenvalue weighted by atomic mass is 32.1. The lowest BCUT2D eigenvalue weighted by molar-refractivity contribution is 0.00416. The first-order valence-corrected chi connectivity index (χ1v) is 30.0. The second-order valence-corrected chi connectivity index (χ2v) is 28.5. The molecule has 0 saturated carbocycles. The van der Waals surface area contributed by atoms with E-state index in [1.54, 1.807) is 320 Å². The number of ether oxygens (including phenoxy) is 3. The molecule has 5 aliphatic rings. The van der Waals surface area contributed by atoms with E-state index in [-0.39, 0.29) is 16.9 Å². The minimum Gasteiger partial charge on any atom is -0.382 e. The zero-order chi connectivity index (χ0) is 47.1. The predicted molar refractivity (Wildman–Crippen MR) is 326 cm³/mol. The normalized spacial score (nSPS) is 22.8. The number of hydrogen-bond donors (Lipinski definition) is 0. The first kappa shape index (κ1) is 32.0. The van der Waals surface area contributed by atoms with Crippen LogP contribution in [-0.2, 0) is 31.6 Å². The predicted octanol–water partition coefficient (Wildman–Crippen LogP) is 17.9. The molecule has 1 aromatic heterocycles. The van der Waals surface area contributed by atoms with Gasteiger partial charge in [-0.1, -0.05) is 0 Å². The molecule has 2 heterocycles. The molecule has 29 aromatic rings. The van der Waals surface area contributed by atoms with Crippen LogP contribution in [0.4, 0.5) is 0 Å². The van der Waals surface area contributed by atoms with Crippen LogP contribution in [-0.4, -0.2) is 57.6 Å². The van der Waals surface area contributed by atoms with Gasteiger partial charge >= 0.3 is 0 Å². The van der Waals surface area contributed by atoms with Gasteiger partial charge < -0.3 is 14.2 Å². The molecule has 0 bridgehead atoms. The number of likely N-dealkylation sites (tertiary alicyclic amines) is 1. The van der Waals surface area contributed by atoms with Crippen LogP contribution < -0.4 is 0 Å². The molecule has 4 nitrogen and oxygen atoms in total. The fourth-order valence-electron chi connectivity index (χ4n) is 26.6. The fourth-order valence-corrected chi connectivity index (χ4v) is 27.3. The molecular formula is C73H21NO3S. The van der Waals surface area contributed by atoms with E-state index in [1.165, 1.54) is 5.56 Å². The highest BCUT2D eigenvalue weighted by Gasteiger charge is 2.76. The standard InChI is InChI=1S/C73H21NO3S/c1-75-3-4-76-5-6-77-9-13-73-70-64-58-48-36-28-20-16-14-15-18-22(20)30(36)40-34-26(18)27-19(15)23-21-17(14)25-24(16)32-38(28)46-52-42(32)43-33(25)39-29(21)37-31(23)41-35(27)45-44(34)56(50(40)58)66(70)67-57(45)51(41)59-49(37)55-47(39)53(43)61-60(52)68(62(64)54(46)48)72(73,69(61)63(55)65(59)71(67)73)11-74(13)8-12-2-7-78-10-12/h2,7,10,13H,3-6,8-9,11H2,1H3. The summed E-state index contributed by atoms with van der Waals surface area (Å²) in [6, 6.07) is 2.52. The Hall–Kier alpha value is -8.00. The number of thiophene rings is 1. The van der Waals surface area contributed by atoms with Gasteiger partial charge in [-0.3, -0.25) is 4.90 Å². The summed E-state index contributed by atoms with van der Waals surface area (Å²) in [6.07, 6.45) is 0. The maximum Gasteiger partial charge on any atom is 0.0701 e. The van der Waals surface area contributed by atoms with E-state index in [0.717, 1.165) is 13.1 Å². The Morgan fingerprint density at radius 1 is 0.359 bits per heavy atom. The van der Waals surface area contributed by atoms with E-state index in [4.69, 9.17) is 14.2 Å². The van der Waals surface area contributed by atoms with Crippen molar-refractivity contribution in [1.82, 2.24) is 4.90 Å². The van der Waals surface area contributed by atoms with Crippen LogP contribution in [0.15, 0.2) is 16.8 Å². The third kappa shape index (κ3) is 1.91. The maximum atomic E-state index is 7.39. The minimum absolute atomic E-state index is 0.0899. The van der Waals surface area contributed by atoms with Crippen molar-refractivity contribution < 1.29 is 14.2 Å². The van der Waals surface area contributed by atoms with Crippen LogP contribution in [0, 0.1) is 0 Å². The molecule has 5 heteroatoms. The molecule has 1 saturated heterocycles. The van der Waals surface area contributed by atoms with E-state index in [0.29, 0.717) is 33.0 Å². The SMILES string of the molecule is COCCOCCOCC1N(Cc2ccsc2)CC23c4c5c6c7c8c9c(c%10c%11c2c2c4c4c%12c5c5c6c6c8c8c%13c9c9c%10c%10c%11c%11c2c2c4c4c%12c%12c5c5c6c8c6c8c%13c9c9c%10c%10c%11c2c2c4c4c%12c5c6c5c8c9c%10c2c45)C713. The monoisotopic (exact) mass is 991 g/mol. The highest BCUT2D eigenvalue weighted by Crippen LogP contribution is 2.86. The van der Waals surface area contributed by atoms with Gasteiger partial charge in [0, 0.05) is 26.2 Å². The lowest BCUT2D eigenvalue weighted by Crippen LogP contribution is -2.56. The molecule has 1 aliphatic heterocycles. The summed E-state index contributed by atoms with van der Waals surface area (Å²) in [5.74, 6) is 0. The van der Waals surface area contributed by atoms with E-state index in [9.17, 15) is 0 Å². The second kappa shape index (κ2) is 7.90. The highest BCUT2D eigenvalue weighted by molar-refractivity contribution is 7.08. The molecule has 0 amide bonds. The van der Waals surface area contributed by atoms with E-state index < -0.39 is 0 Å². The molecule has 1 fully saturated rings. The van der Waals surface area contributed by atoms with Crippen molar-refractivity contribution in [3.05, 3.63) is 44.6 Å².